The van der Waals surface area contributed by atoms with Gasteiger partial charge in [0, 0.05) is 32.1 Å². The number of sulfonamides is 1. The van der Waals surface area contributed by atoms with Gasteiger partial charge in [0.2, 0.25) is 15.9 Å². The molecule has 1 amide bonds. The fourth-order valence-electron chi connectivity index (χ4n) is 4.09. The highest BCUT2D eigenvalue weighted by molar-refractivity contribution is 7.89. The average Bonchev–Trinajstić information content (AvgIpc) is 2.67. The van der Waals surface area contributed by atoms with Crippen molar-refractivity contribution in [2.24, 2.45) is 11.7 Å². The van der Waals surface area contributed by atoms with Crippen LogP contribution in [-0.4, -0.2) is 44.9 Å². The number of carbonyl (C=O) groups excluding carboxylic acids is 1. The summed E-state index contributed by atoms with van der Waals surface area (Å²) in [6.07, 6.45) is 6.27. The van der Waals surface area contributed by atoms with Crippen LogP contribution in [0, 0.1) is 5.92 Å². The Morgan fingerprint density at radius 2 is 1.89 bits per heavy atom. The number of hydrogen-bond acceptors (Lipinski definition) is 4. The molecule has 0 spiro atoms. The van der Waals surface area contributed by atoms with Crippen molar-refractivity contribution in [2.45, 2.75) is 62.8 Å². The second-order valence-corrected chi connectivity index (χ2v) is 9.63. The number of rotatable bonds is 6. The summed E-state index contributed by atoms with van der Waals surface area (Å²) in [7, 11) is -3.58. The summed E-state index contributed by atoms with van der Waals surface area (Å²) in [6.45, 7) is 3.56. The minimum atomic E-state index is -3.58. The fraction of sp³-hybridized carbons (Fsp3) is 0.650. The summed E-state index contributed by atoms with van der Waals surface area (Å²) in [4.78, 5) is 14.5. The van der Waals surface area contributed by atoms with Gasteiger partial charge < -0.3 is 10.6 Å². The van der Waals surface area contributed by atoms with Gasteiger partial charge in [0.15, 0.2) is 0 Å². The van der Waals surface area contributed by atoms with Gasteiger partial charge in [0.25, 0.3) is 0 Å². The summed E-state index contributed by atoms with van der Waals surface area (Å²) >= 11 is 0. The Morgan fingerprint density at radius 3 is 2.56 bits per heavy atom. The third-order valence-electron chi connectivity index (χ3n) is 5.90. The largest absolute Gasteiger partial charge is 0.343 e. The van der Waals surface area contributed by atoms with E-state index in [1.807, 2.05) is 17.9 Å². The molecule has 1 heterocycles. The second kappa shape index (κ2) is 8.71. The summed E-state index contributed by atoms with van der Waals surface area (Å²) < 4.78 is 27.7. The zero-order valence-electron chi connectivity index (χ0n) is 16.1. The summed E-state index contributed by atoms with van der Waals surface area (Å²) in [5, 5.41) is 0. The van der Waals surface area contributed by atoms with Crippen LogP contribution in [0.2, 0.25) is 0 Å². The summed E-state index contributed by atoms with van der Waals surface area (Å²) in [6, 6.07) is 5.55. The quantitative estimate of drug-likeness (QED) is 0.771. The number of aryl methyl sites for hydroxylation is 2. The molecule has 0 radical (unpaired) electrons. The normalized spacial score (nSPS) is 19.6. The Labute approximate surface area is 162 Å². The molecule has 150 valence electrons. The van der Waals surface area contributed by atoms with E-state index in [9.17, 15) is 13.2 Å². The van der Waals surface area contributed by atoms with Crippen molar-refractivity contribution in [3.05, 3.63) is 29.3 Å². The minimum Gasteiger partial charge on any atom is -0.343 e. The molecule has 1 fully saturated rings. The summed E-state index contributed by atoms with van der Waals surface area (Å²) in [5.74, 6) is 0.475. The lowest BCUT2D eigenvalue weighted by Gasteiger charge is -2.33. The van der Waals surface area contributed by atoms with Gasteiger partial charge in [0.05, 0.1) is 4.90 Å². The molecule has 1 aliphatic carbocycles. The Kier molecular flexibility index (Phi) is 6.55. The SMILES string of the molecule is CC(N)C1CCN(C(=O)CCNS(=O)(=O)c2ccc3c(c2)CCCC3)CC1. The molecule has 3 N–H and O–H groups in total. The molecule has 0 aromatic heterocycles. The number of nitrogens with zero attached hydrogens (tertiary/aromatic N) is 1. The van der Waals surface area contributed by atoms with Crippen molar-refractivity contribution < 1.29 is 13.2 Å². The Bertz CT molecular complexity index is 769. The highest BCUT2D eigenvalue weighted by Crippen LogP contribution is 2.24. The van der Waals surface area contributed by atoms with Crippen LogP contribution in [0.3, 0.4) is 0 Å². The van der Waals surface area contributed by atoms with Crippen LogP contribution in [0.1, 0.15) is 50.2 Å². The molecule has 0 saturated carbocycles. The number of likely N-dealkylation sites (tertiary alicyclic amines) is 1. The first-order chi connectivity index (χ1) is 12.9. The molecule has 1 unspecified atom stereocenters. The van der Waals surface area contributed by atoms with Gasteiger partial charge in [-0.2, -0.15) is 0 Å². The van der Waals surface area contributed by atoms with E-state index in [0.29, 0.717) is 23.9 Å². The maximum Gasteiger partial charge on any atom is 0.240 e. The van der Waals surface area contributed by atoms with E-state index in [-0.39, 0.29) is 24.9 Å². The second-order valence-electron chi connectivity index (χ2n) is 7.86. The number of benzene rings is 1. The number of piperidine rings is 1. The zero-order chi connectivity index (χ0) is 19.4. The fourth-order valence-corrected chi connectivity index (χ4v) is 5.17. The molecule has 0 bridgehead atoms. The highest BCUT2D eigenvalue weighted by atomic mass is 32.2. The first-order valence-electron chi connectivity index (χ1n) is 10.0. The van der Waals surface area contributed by atoms with Crippen molar-refractivity contribution in [1.29, 1.82) is 0 Å². The van der Waals surface area contributed by atoms with Crippen LogP contribution in [0.15, 0.2) is 23.1 Å². The van der Waals surface area contributed by atoms with Crippen LogP contribution < -0.4 is 10.5 Å². The maximum absolute atomic E-state index is 12.5. The highest BCUT2D eigenvalue weighted by Gasteiger charge is 2.25. The van der Waals surface area contributed by atoms with Gasteiger partial charge in [-0.05, 0) is 74.6 Å². The topological polar surface area (TPSA) is 92.5 Å². The zero-order valence-corrected chi connectivity index (χ0v) is 16.9. The number of fused-ring (bicyclic) bond motifs is 1. The van der Waals surface area contributed by atoms with E-state index in [4.69, 9.17) is 5.73 Å². The number of carbonyl (C=O) groups is 1. The van der Waals surface area contributed by atoms with Crippen LogP contribution in [0.5, 0.6) is 0 Å². The van der Waals surface area contributed by atoms with E-state index < -0.39 is 10.0 Å². The number of nitrogens with two attached hydrogens (primary N) is 1. The van der Waals surface area contributed by atoms with Crippen LogP contribution in [0.25, 0.3) is 0 Å². The molecule has 1 atom stereocenters. The van der Waals surface area contributed by atoms with Crippen molar-refractivity contribution in [1.82, 2.24) is 9.62 Å². The van der Waals surface area contributed by atoms with E-state index in [1.165, 1.54) is 12.0 Å². The third kappa shape index (κ3) is 5.09. The molecule has 6 nitrogen and oxygen atoms in total. The van der Waals surface area contributed by atoms with E-state index in [1.54, 1.807) is 12.1 Å². The van der Waals surface area contributed by atoms with Crippen molar-refractivity contribution >= 4 is 15.9 Å². The lowest BCUT2D eigenvalue weighted by atomic mass is 9.91. The Balaban J connectivity index is 1.50. The molecule has 1 aliphatic heterocycles. The maximum atomic E-state index is 12.5. The van der Waals surface area contributed by atoms with Gasteiger partial charge in [-0.1, -0.05) is 6.07 Å². The minimum absolute atomic E-state index is 0.00580. The van der Waals surface area contributed by atoms with Gasteiger partial charge >= 0.3 is 0 Å². The molecule has 1 aromatic rings. The van der Waals surface area contributed by atoms with Gasteiger partial charge in [-0.25, -0.2) is 13.1 Å². The smallest absolute Gasteiger partial charge is 0.240 e. The molecule has 3 rings (SSSR count). The number of amides is 1. The third-order valence-corrected chi connectivity index (χ3v) is 7.36. The molecule has 7 heteroatoms. The Morgan fingerprint density at radius 1 is 1.22 bits per heavy atom. The Hall–Kier alpha value is -1.44. The van der Waals surface area contributed by atoms with Crippen LogP contribution in [0.4, 0.5) is 0 Å². The van der Waals surface area contributed by atoms with E-state index in [0.717, 1.165) is 37.7 Å². The number of nitrogens with one attached hydrogen (secondary N) is 1. The first kappa shape index (κ1) is 20.3. The number of hydrogen-bond donors (Lipinski definition) is 2. The van der Waals surface area contributed by atoms with Gasteiger partial charge in [-0.15, -0.1) is 0 Å². The summed E-state index contributed by atoms with van der Waals surface area (Å²) in [5.41, 5.74) is 8.33. The standard InChI is InChI=1S/C20H31N3O3S/c1-15(21)16-9-12-23(13-10-16)20(24)8-11-22-27(25,26)19-7-6-17-4-2-3-5-18(17)14-19/h6-7,14-16,22H,2-5,8-13,21H2,1H3. The van der Waals surface area contributed by atoms with Crippen molar-refractivity contribution in [3.8, 4) is 0 Å². The van der Waals surface area contributed by atoms with Gasteiger partial charge in [0.1, 0.15) is 0 Å². The monoisotopic (exact) mass is 393 g/mol. The lowest BCUT2D eigenvalue weighted by Crippen LogP contribution is -2.43. The average molecular weight is 394 g/mol. The van der Waals surface area contributed by atoms with E-state index >= 15 is 0 Å². The first-order valence-corrected chi connectivity index (χ1v) is 11.5. The van der Waals surface area contributed by atoms with Crippen LogP contribution in [-0.2, 0) is 27.7 Å². The molecular weight excluding hydrogens is 362 g/mol. The van der Waals surface area contributed by atoms with Crippen LogP contribution >= 0.6 is 0 Å². The lowest BCUT2D eigenvalue weighted by molar-refractivity contribution is -0.132. The molecule has 2 aliphatic rings. The van der Waals surface area contributed by atoms with Crippen molar-refractivity contribution in [3.63, 3.8) is 0 Å². The van der Waals surface area contributed by atoms with Crippen molar-refractivity contribution in [2.75, 3.05) is 19.6 Å². The van der Waals surface area contributed by atoms with E-state index in [2.05, 4.69) is 4.72 Å². The molecule has 27 heavy (non-hydrogen) atoms. The predicted octanol–water partition coefficient (Wildman–Crippen LogP) is 1.82. The molecular formula is C20H31N3O3S. The predicted molar refractivity (Wildman–Crippen MR) is 106 cm³/mol. The molecule has 1 saturated heterocycles. The molecule has 1 aromatic carbocycles. The van der Waals surface area contributed by atoms with Gasteiger partial charge in [-0.3, -0.25) is 4.79 Å².